The van der Waals surface area contributed by atoms with E-state index < -0.39 is 33.5 Å². The molecule has 3 aromatic rings. The summed E-state index contributed by atoms with van der Waals surface area (Å²) in [6.07, 6.45) is -0.351. The number of rotatable bonds is 8. The van der Waals surface area contributed by atoms with Gasteiger partial charge in [-0.15, -0.1) is 0 Å². The van der Waals surface area contributed by atoms with Gasteiger partial charge in [-0.25, -0.2) is 18.1 Å². The third-order valence-electron chi connectivity index (χ3n) is 4.53. The lowest BCUT2D eigenvalue weighted by Crippen LogP contribution is -2.21. The molecule has 0 saturated carbocycles. The first kappa shape index (κ1) is 25.5. The predicted octanol–water partition coefficient (Wildman–Crippen LogP) is 3.56. The van der Waals surface area contributed by atoms with Crippen molar-refractivity contribution in [2.24, 2.45) is 0 Å². The number of nitrogens with zero attached hydrogens (tertiary/aromatic N) is 2. The highest BCUT2D eigenvalue weighted by Gasteiger charge is 2.34. The minimum Gasteiger partial charge on any atom is -0.350 e. The Hall–Kier alpha value is -4.10. The van der Waals surface area contributed by atoms with Gasteiger partial charge in [0, 0.05) is 23.5 Å². The van der Waals surface area contributed by atoms with Crippen molar-refractivity contribution in [2.45, 2.75) is 11.1 Å². The second-order valence-electron chi connectivity index (χ2n) is 6.96. The maximum absolute atomic E-state index is 13.5. The van der Waals surface area contributed by atoms with Crippen molar-refractivity contribution in [1.29, 1.82) is 5.41 Å². The summed E-state index contributed by atoms with van der Waals surface area (Å²) in [5.41, 5.74) is -1.36. The maximum atomic E-state index is 13.5. The van der Waals surface area contributed by atoms with Gasteiger partial charge in [0.05, 0.1) is 22.5 Å². The summed E-state index contributed by atoms with van der Waals surface area (Å²) >= 11 is 0. The minimum atomic E-state index is -4.78. The van der Waals surface area contributed by atoms with Crippen molar-refractivity contribution < 1.29 is 26.4 Å². The molecule has 3 rings (SSSR count). The zero-order chi connectivity index (χ0) is 25.6. The Kier molecular flexibility index (Phi) is 7.62. The number of hydrogen-bond donors (Lipinski definition) is 4. The van der Waals surface area contributed by atoms with E-state index in [0.29, 0.717) is 6.08 Å². The average Bonchev–Trinajstić information content (AvgIpc) is 2.84. The fraction of sp³-hybridized carbons (Fsp3) is 0.0909. The van der Waals surface area contributed by atoms with Crippen molar-refractivity contribution >= 4 is 33.1 Å². The Morgan fingerprint density at radius 2 is 1.77 bits per heavy atom. The van der Waals surface area contributed by atoms with E-state index in [2.05, 4.69) is 25.3 Å². The molecule has 1 amide bonds. The highest BCUT2D eigenvalue weighted by atomic mass is 32.2. The van der Waals surface area contributed by atoms with E-state index in [9.17, 15) is 26.4 Å². The SMILES string of the molecule is CNS(=O)(=O)c1cccc(C(=O)Nc2ccc(N/C(=C\C(=N)c3cccnc3)C(F)(F)F)cn2)c1. The van der Waals surface area contributed by atoms with Gasteiger partial charge in [0.2, 0.25) is 10.0 Å². The first-order valence-corrected chi connectivity index (χ1v) is 11.3. The maximum Gasteiger partial charge on any atom is 0.431 e. The van der Waals surface area contributed by atoms with Crippen LogP contribution in [0.15, 0.2) is 83.8 Å². The molecule has 182 valence electrons. The molecular formula is C22H19F3N6O3S. The zero-order valence-electron chi connectivity index (χ0n) is 18.1. The molecule has 0 spiro atoms. The van der Waals surface area contributed by atoms with Crippen LogP contribution in [0, 0.1) is 5.41 Å². The van der Waals surface area contributed by atoms with Crippen LogP contribution in [0.3, 0.4) is 0 Å². The van der Waals surface area contributed by atoms with E-state index >= 15 is 0 Å². The number of amides is 1. The summed E-state index contributed by atoms with van der Waals surface area (Å²) in [7, 11) is -2.51. The van der Waals surface area contributed by atoms with Crippen molar-refractivity contribution in [3.63, 3.8) is 0 Å². The van der Waals surface area contributed by atoms with Gasteiger partial charge in [-0.2, -0.15) is 13.2 Å². The lowest BCUT2D eigenvalue weighted by atomic mass is 10.1. The minimum absolute atomic E-state index is 0.0306. The molecule has 0 atom stereocenters. The van der Waals surface area contributed by atoms with Crippen molar-refractivity contribution in [1.82, 2.24) is 14.7 Å². The summed E-state index contributed by atoms with van der Waals surface area (Å²) in [6, 6.07) is 10.8. The highest BCUT2D eigenvalue weighted by Crippen LogP contribution is 2.27. The number of allylic oxidation sites excluding steroid dienone is 2. The molecule has 1 aromatic carbocycles. The summed E-state index contributed by atoms with van der Waals surface area (Å²) in [6.45, 7) is 0. The van der Waals surface area contributed by atoms with Crippen LogP contribution in [0.1, 0.15) is 15.9 Å². The van der Waals surface area contributed by atoms with Crippen LogP contribution in [0.25, 0.3) is 0 Å². The van der Waals surface area contributed by atoms with Crippen molar-refractivity contribution in [3.8, 4) is 0 Å². The number of pyridine rings is 2. The summed E-state index contributed by atoms with van der Waals surface area (Å²) < 4.78 is 66.5. The molecule has 0 radical (unpaired) electrons. The molecular weight excluding hydrogens is 485 g/mol. The predicted molar refractivity (Wildman–Crippen MR) is 124 cm³/mol. The molecule has 2 heterocycles. The number of alkyl halides is 3. The van der Waals surface area contributed by atoms with Crippen LogP contribution in [0.5, 0.6) is 0 Å². The smallest absolute Gasteiger partial charge is 0.350 e. The van der Waals surface area contributed by atoms with E-state index in [1.807, 2.05) is 0 Å². The van der Waals surface area contributed by atoms with Crippen LogP contribution in [-0.2, 0) is 10.0 Å². The number of sulfonamides is 1. The van der Waals surface area contributed by atoms with Gasteiger partial charge in [-0.1, -0.05) is 6.07 Å². The molecule has 4 N–H and O–H groups in total. The Morgan fingerprint density at radius 1 is 1.03 bits per heavy atom. The number of anilines is 2. The molecule has 0 aliphatic rings. The lowest BCUT2D eigenvalue weighted by Gasteiger charge is -2.15. The summed E-state index contributed by atoms with van der Waals surface area (Å²) in [5, 5.41) is 12.5. The number of carbonyl (C=O) groups is 1. The largest absolute Gasteiger partial charge is 0.431 e. The van der Waals surface area contributed by atoms with Gasteiger partial charge in [0.1, 0.15) is 11.5 Å². The Bertz CT molecular complexity index is 1360. The second kappa shape index (κ2) is 10.4. The van der Waals surface area contributed by atoms with Gasteiger partial charge in [0.25, 0.3) is 5.91 Å². The third-order valence-corrected chi connectivity index (χ3v) is 5.94. The molecule has 0 saturated heterocycles. The van der Waals surface area contributed by atoms with Crippen LogP contribution < -0.4 is 15.4 Å². The van der Waals surface area contributed by atoms with E-state index in [0.717, 1.165) is 6.20 Å². The number of nitrogens with one attached hydrogen (secondary N) is 4. The molecule has 0 aliphatic carbocycles. The van der Waals surface area contributed by atoms with E-state index in [-0.39, 0.29) is 27.5 Å². The lowest BCUT2D eigenvalue weighted by molar-refractivity contribution is -0.0901. The number of aromatic nitrogens is 2. The number of halogens is 3. The number of benzene rings is 1. The van der Waals surface area contributed by atoms with Crippen LogP contribution in [0.2, 0.25) is 0 Å². The topological polar surface area (TPSA) is 137 Å². The molecule has 0 bridgehead atoms. The van der Waals surface area contributed by atoms with E-state index in [4.69, 9.17) is 5.41 Å². The van der Waals surface area contributed by atoms with Gasteiger partial charge in [0.15, 0.2) is 0 Å². The first-order chi connectivity index (χ1) is 16.5. The van der Waals surface area contributed by atoms with Crippen LogP contribution >= 0.6 is 0 Å². The average molecular weight is 504 g/mol. The molecule has 2 aromatic heterocycles. The van der Waals surface area contributed by atoms with E-state index in [1.54, 1.807) is 0 Å². The molecule has 9 nitrogen and oxygen atoms in total. The molecule has 0 fully saturated rings. The Balaban J connectivity index is 1.74. The van der Waals surface area contributed by atoms with Gasteiger partial charge >= 0.3 is 6.18 Å². The summed E-state index contributed by atoms with van der Waals surface area (Å²) in [5.74, 6) is -0.629. The van der Waals surface area contributed by atoms with Crippen LogP contribution in [-0.4, -0.2) is 43.2 Å². The molecule has 13 heteroatoms. The normalized spacial score (nSPS) is 12.2. The number of hydrogen-bond acceptors (Lipinski definition) is 7. The zero-order valence-corrected chi connectivity index (χ0v) is 18.9. The second-order valence-corrected chi connectivity index (χ2v) is 8.84. The Morgan fingerprint density at radius 3 is 2.37 bits per heavy atom. The Labute approximate surface area is 198 Å². The van der Waals surface area contributed by atoms with Crippen molar-refractivity contribution in [2.75, 3.05) is 17.7 Å². The monoisotopic (exact) mass is 504 g/mol. The summed E-state index contributed by atoms with van der Waals surface area (Å²) in [4.78, 5) is 20.1. The highest BCUT2D eigenvalue weighted by molar-refractivity contribution is 7.89. The van der Waals surface area contributed by atoms with Crippen LogP contribution in [0.4, 0.5) is 24.7 Å². The molecule has 0 aliphatic heterocycles. The van der Waals surface area contributed by atoms with E-state index in [1.165, 1.54) is 68.0 Å². The fourth-order valence-corrected chi connectivity index (χ4v) is 3.52. The third kappa shape index (κ3) is 6.71. The quantitative estimate of drug-likeness (QED) is 0.346. The van der Waals surface area contributed by atoms with Gasteiger partial charge in [-0.3, -0.25) is 9.78 Å². The molecule has 35 heavy (non-hydrogen) atoms. The van der Waals surface area contributed by atoms with Gasteiger partial charge < -0.3 is 16.0 Å². The first-order valence-electron chi connectivity index (χ1n) is 9.85. The van der Waals surface area contributed by atoms with Crippen molar-refractivity contribution in [3.05, 3.63) is 90.0 Å². The van der Waals surface area contributed by atoms with Gasteiger partial charge in [-0.05, 0) is 55.6 Å². The fourth-order valence-electron chi connectivity index (χ4n) is 2.75. The number of carbonyl (C=O) groups excluding carboxylic acids is 1. The standard InChI is InChI=1S/C22H19F3N6O3S/c1-27-35(33,34)17-6-2-4-14(10-17)21(32)31-20-8-7-16(13-29-20)30-19(22(23,24)25)11-18(26)15-5-3-9-28-12-15/h2-13,26-27,30H,1H3,(H,29,31,32)/b19-11-,26-18?. The molecule has 0 unspecified atom stereocenters.